The lowest BCUT2D eigenvalue weighted by atomic mass is 10.1. The summed E-state index contributed by atoms with van der Waals surface area (Å²) in [6, 6.07) is 5.74. The number of amides is 1. The highest BCUT2D eigenvalue weighted by molar-refractivity contribution is 9.09. The Bertz CT molecular complexity index is 398. The Morgan fingerprint density at radius 3 is 2.47 bits per heavy atom. The van der Waals surface area contributed by atoms with Crippen molar-refractivity contribution in [1.82, 2.24) is 5.32 Å². The first kappa shape index (κ1) is 15.9. The average molecular weight is 336 g/mol. The van der Waals surface area contributed by atoms with Crippen molar-refractivity contribution in [2.24, 2.45) is 0 Å². The quantitative estimate of drug-likeness (QED) is 0.773. The Morgan fingerprint density at radius 1 is 1.37 bits per heavy atom. The summed E-state index contributed by atoms with van der Waals surface area (Å²) in [7, 11) is 0. The highest BCUT2D eigenvalue weighted by Gasteiger charge is 2.12. The number of hydrogen-bond acceptors (Lipinski definition) is 2. The number of carbonyl (C=O) groups excluding carboxylic acids is 1. The fourth-order valence-corrected chi connectivity index (χ4v) is 2.12. The van der Waals surface area contributed by atoms with Crippen molar-refractivity contribution in [2.75, 3.05) is 5.33 Å². The Morgan fingerprint density at radius 2 is 2.00 bits per heavy atom. The van der Waals surface area contributed by atoms with Gasteiger partial charge in [0.2, 0.25) is 0 Å². The van der Waals surface area contributed by atoms with E-state index in [0.29, 0.717) is 5.56 Å². The van der Waals surface area contributed by atoms with E-state index in [2.05, 4.69) is 26.0 Å². The molecule has 1 atom stereocenters. The fraction of sp³-hybridized carbons (Fsp3) is 0.462. The van der Waals surface area contributed by atoms with Crippen LogP contribution in [0.1, 0.15) is 30.1 Å². The molecule has 0 aromatic heterocycles. The van der Waals surface area contributed by atoms with Crippen LogP contribution in [0.5, 0.6) is 5.75 Å². The van der Waals surface area contributed by atoms with Crippen LogP contribution >= 0.6 is 15.9 Å². The van der Waals surface area contributed by atoms with Crippen LogP contribution in [0.4, 0.5) is 8.78 Å². The minimum Gasteiger partial charge on any atom is -0.435 e. The van der Waals surface area contributed by atoms with Crippen LogP contribution in [-0.4, -0.2) is 23.9 Å². The van der Waals surface area contributed by atoms with Crippen molar-refractivity contribution in [3.05, 3.63) is 29.8 Å². The molecule has 0 fully saturated rings. The van der Waals surface area contributed by atoms with Gasteiger partial charge in [0, 0.05) is 16.9 Å². The van der Waals surface area contributed by atoms with Crippen LogP contribution < -0.4 is 10.1 Å². The summed E-state index contributed by atoms with van der Waals surface area (Å²) in [5.74, 6) is -0.171. The summed E-state index contributed by atoms with van der Waals surface area (Å²) < 4.78 is 28.2. The molecule has 0 aliphatic rings. The number of benzene rings is 1. The van der Waals surface area contributed by atoms with Crippen LogP contribution in [0, 0.1) is 0 Å². The standard InChI is InChI=1S/C13H16BrF2NO2/c1-2-10(7-8-14)17-12(18)9-3-5-11(6-4-9)19-13(15)16/h3-6,10,13H,2,7-8H2,1H3,(H,17,18). The molecule has 0 saturated carbocycles. The fourth-order valence-electron chi connectivity index (χ4n) is 1.57. The lowest BCUT2D eigenvalue weighted by Crippen LogP contribution is -2.34. The second-order valence-corrected chi connectivity index (χ2v) is 4.75. The second-order valence-electron chi connectivity index (χ2n) is 3.96. The minimum atomic E-state index is -2.86. The molecule has 1 rings (SSSR count). The van der Waals surface area contributed by atoms with Gasteiger partial charge in [0.1, 0.15) is 5.75 Å². The van der Waals surface area contributed by atoms with Gasteiger partial charge in [0.05, 0.1) is 0 Å². The summed E-state index contributed by atoms with van der Waals surface area (Å²) in [5, 5.41) is 3.70. The predicted molar refractivity (Wildman–Crippen MR) is 73.0 cm³/mol. The summed E-state index contributed by atoms with van der Waals surface area (Å²) in [5.41, 5.74) is 0.426. The maximum absolute atomic E-state index is 12.0. The van der Waals surface area contributed by atoms with Crippen molar-refractivity contribution >= 4 is 21.8 Å². The molecular weight excluding hydrogens is 320 g/mol. The lowest BCUT2D eigenvalue weighted by molar-refractivity contribution is -0.0498. The van der Waals surface area contributed by atoms with Crippen LogP contribution in [0.15, 0.2) is 24.3 Å². The van der Waals surface area contributed by atoms with Crippen molar-refractivity contribution in [3.63, 3.8) is 0 Å². The summed E-state index contributed by atoms with van der Waals surface area (Å²) >= 11 is 3.33. The molecule has 0 saturated heterocycles. The molecule has 0 aliphatic heterocycles. The first-order chi connectivity index (χ1) is 9.06. The topological polar surface area (TPSA) is 38.3 Å². The van der Waals surface area contributed by atoms with Crippen LogP contribution in [0.25, 0.3) is 0 Å². The van der Waals surface area contributed by atoms with Crippen molar-refractivity contribution in [2.45, 2.75) is 32.4 Å². The third-order valence-corrected chi connectivity index (χ3v) is 3.09. The lowest BCUT2D eigenvalue weighted by Gasteiger charge is -2.15. The number of hydrogen-bond donors (Lipinski definition) is 1. The van der Waals surface area contributed by atoms with E-state index in [1.807, 2.05) is 6.92 Å². The molecule has 106 valence electrons. The molecule has 1 aromatic carbocycles. The molecule has 0 bridgehead atoms. The Balaban J connectivity index is 2.62. The van der Waals surface area contributed by atoms with Crippen molar-refractivity contribution in [3.8, 4) is 5.75 Å². The van der Waals surface area contributed by atoms with Gasteiger partial charge >= 0.3 is 6.61 Å². The molecule has 1 aromatic rings. The van der Waals surface area contributed by atoms with E-state index in [1.165, 1.54) is 24.3 Å². The summed E-state index contributed by atoms with van der Waals surface area (Å²) in [6.07, 6.45) is 1.68. The Labute approximate surface area is 119 Å². The molecule has 1 N–H and O–H groups in total. The summed E-state index contributed by atoms with van der Waals surface area (Å²) in [6.45, 7) is -0.865. The molecule has 6 heteroatoms. The zero-order valence-corrected chi connectivity index (χ0v) is 12.1. The Hall–Kier alpha value is -1.17. The van der Waals surface area contributed by atoms with Crippen LogP contribution in [0.3, 0.4) is 0 Å². The maximum Gasteiger partial charge on any atom is 0.387 e. The minimum absolute atomic E-state index is 0.0408. The first-order valence-corrected chi connectivity index (χ1v) is 7.10. The predicted octanol–water partition coefficient (Wildman–Crippen LogP) is 3.58. The van der Waals surface area contributed by atoms with Crippen LogP contribution in [-0.2, 0) is 0 Å². The van der Waals surface area contributed by atoms with Gasteiger partial charge in [-0.25, -0.2) is 0 Å². The van der Waals surface area contributed by atoms with Gasteiger partial charge < -0.3 is 10.1 Å². The van der Waals surface area contributed by atoms with Gasteiger partial charge in [0.15, 0.2) is 0 Å². The van der Waals surface area contributed by atoms with Gasteiger partial charge in [0.25, 0.3) is 5.91 Å². The SMILES string of the molecule is CCC(CCBr)NC(=O)c1ccc(OC(F)F)cc1. The van der Waals surface area contributed by atoms with E-state index in [1.54, 1.807) is 0 Å². The maximum atomic E-state index is 12.0. The van der Waals surface area contributed by atoms with E-state index >= 15 is 0 Å². The zero-order chi connectivity index (χ0) is 14.3. The molecule has 0 heterocycles. The van der Waals surface area contributed by atoms with Gasteiger partial charge in [-0.3, -0.25) is 4.79 Å². The highest BCUT2D eigenvalue weighted by atomic mass is 79.9. The number of nitrogens with one attached hydrogen (secondary N) is 1. The number of halogens is 3. The highest BCUT2D eigenvalue weighted by Crippen LogP contribution is 2.15. The van der Waals surface area contributed by atoms with E-state index in [4.69, 9.17) is 0 Å². The van der Waals surface area contributed by atoms with E-state index in [-0.39, 0.29) is 17.7 Å². The number of ether oxygens (including phenoxy) is 1. The number of alkyl halides is 3. The third-order valence-electron chi connectivity index (χ3n) is 2.63. The summed E-state index contributed by atoms with van der Waals surface area (Å²) in [4.78, 5) is 11.9. The van der Waals surface area contributed by atoms with Crippen molar-refractivity contribution < 1.29 is 18.3 Å². The van der Waals surface area contributed by atoms with Gasteiger partial charge in [-0.05, 0) is 37.1 Å². The first-order valence-electron chi connectivity index (χ1n) is 5.98. The van der Waals surface area contributed by atoms with Gasteiger partial charge in [-0.2, -0.15) is 8.78 Å². The molecule has 0 radical (unpaired) electrons. The third kappa shape index (κ3) is 5.55. The van der Waals surface area contributed by atoms with Gasteiger partial charge in [-0.15, -0.1) is 0 Å². The monoisotopic (exact) mass is 335 g/mol. The largest absolute Gasteiger partial charge is 0.435 e. The van der Waals surface area contributed by atoms with Crippen LogP contribution in [0.2, 0.25) is 0 Å². The molecule has 3 nitrogen and oxygen atoms in total. The number of carbonyl (C=O) groups is 1. The molecule has 19 heavy (non-hydrogen) atoms. The van der Waals surface area contributed by atoms with E-state index in [0.717, 1.165) is 18.2 Å². The van der Waals surface area contributed by atoms with Gasteiger partial charge in [-0.1, -0.05) is 22.9 Å². The molecule has 1 amide bonds. The number of rotatable bonds is 7. The molecule has 1 unspecified atom stereocenters. The Kier molecular flexibility index (Phi) is 6.77. The van der Waals surface area contributed by atoms with Crippen molar-refractivity contribution in [1.29, 1.82) is 0 Å². The average Bonchev–Trinajstić information content (AvgIpc) is 2.38. The molecular formula is C13H16BrF2NO2. The smallest absolute Gasteiger partial charge is 0.387 e. The van der Waals surface area contributed by atoms with E-state index < -0.39 is 6.61 Å². The zero-order valence-electron chi connectivity index (χ0n) is 10.5. The normalized spacial score (nSPS) is 12.3. The molecule has 0 aliphatic carbocycles. The van der Waals surface area contributed by atoms with E-state index in [9.17, 15) is 13.6 Å². The molecule has 0 spiro atoms. The second kappa shape index (κ2) is 8.09.